The van der Waals surface area contributed by atoms with Crippen LogP contribution >= 0.6 is 11.6 Å². The number of halogens is 1. The van der Waals surface area contributed by atoms with Crippen LogP contribution in [0.1, 0.15) is 80.6 Å². The van der Waals surface area contributed by atoms with Gasteiger partial charge in [-0.3, -0.25) is 0 Å². The molecular formula is C50H64BClN12O10S2. The maximum atomic E-state index is 12.8. The minimum absolute atomic E-state index is 0.00817. The third-order valence-electron chi connectivity index (χ3n) is 15.1. The molecule has 3 fully saturated rings. The van der Waals surface area contributed by atoms with Crippen LogP contribution in [0.2, 0.25) is 5.28 Å². The fourth-order valence-electron chi connectivity index (χ4n) is 9.31. The first-order valence-corrected chi connectivity index (χ1v) is 28.9. The van der Waals surface area contributed by atoms with Gasteiger partial charge in [0.15, 0.2) is 48.6 Å². The Bertz CT molecular complexity index is 3450. The molecule has 0 aliphatic carbocycles. The lowest BCUT2D eigenvalue weighted by atomic mass is 9.78. The molecule has 3 saturated heterocycles. The van der Waals surface area contributed by atoms with Crippen molar-refractivity contribution >= 4 is 89.2 Å². The highest BCUT2D eigenvalue weighted by molar-refractivity contribution is 7.91. The Balaban J connectivity index is 0.000000145. The lowest BCUT2D eigenvalue weighted by Crippen LogP contribution is -2.56. The van der Waals surface area contributed by atoms with Gasteiger partial charge in [-0.25, -0.2) is 51.7 Å². The molecule has 4 atom stereocenters. The highest BCUT2D eigenvalue weighted by atomic mass is 35.5. The van der Waals surface area contributed by atoms with Crippen LogP contribution in [0.15, 0.2) is 48.8 Å². The Morgan fingerprint density at radius 3 is 1.59 bits per heavy atom. The summed E-state index contributed by atoms with van der Waals surface area (Å²) in [5, 5.41) is 1.71. The summed E-state index contributed by atoms with van der Waals surface area (Å²) in [7, 11) is -7.31. The highest BCUT2D eigenvalue weighted by Crippen LogP contribution is 2.46. The van der Waals surface area contributed by atoms with Crippen molar-refractivity contribution in [2.45, 2.75) is 114 Å². The molecule has 0 spiro atoms. The van der Waals surface area contributed by atoms with Gasteiger partial charge in [-0.05, 0) is 111 Å². The van der Waals surface area contributed by atoms with E-state index in [1.807, 2.05) is 71.0 Å². The van der Waals surface area contributed by atoms with E-state index < -0.39 is 29.2 Å². The van der Waals surface area contributed by atoms with Crippen LogP contribution < -0.4 is 36.2 Å². The smallest absolute Gasteiger partial charge is 0.486 e. The summed E-state index contributed by atoms with van der Waals surface area (Å²) >= 11 is 6.09. The third kappa shape index (κ3) is 10.3. The fraction of sp³-hybridized carbons (Fsp3) is 0.520. The predicted molar refractivity (Wildman–Crippen MR) is 292 cm³/mol. The molecule has 11 rings (SSSR count). The maximum absolute atomic E-state index is 12.8. The summed E-state index contributed by atoms with van der Waals surface area (Å²) in [6, 6.07) is 11.6. The number of nitrogens with zero attached hydrogens (tertiary/aromatic N) is 10. The molecule has 76 heavy (non-hydrogen) atoms. The molecule has 5 aliphatic rings. The van der Waals surface area contributed by atoms with Gasteiger partial charge >= 0.3 is 7.12 Å². The zero-order chi connectivity index (χ0) is 55.1. The SMILES string of the molecule is CC1(C)OB(c2ccc3nc(N)ncc3c2)OC1(C)C.C[C@@H]1COC[C@H]2COc3c(nc(-c4ccc5nc(N)ncc5c4)nc3C(C)(C)S(C)(=O)=O)N21.C[C@@H]1COC[C@H]2COc3c(nc(Cl)nc3C(C)(C)S(C)(=O)=O)N21. The van der Waals surface area contributed by atoms with Crippen LogP contribution in [0.5, 0.6) is 11.5 Å². The first-order valence-electron chi connectivity index (χ1n) is 24.8. The number of benzene rings is 2. The lowest BCUT2D eigenvalue weighted by Gasteiger charge is -2.45. The number of hydrogen-bond donors (Lipinski definition) is 2. The van der Waals surface area contributed by atoms with Crippen LogP contribution in [0.25, 0.3) is 33.2 Å². The molecule has 6 aromatic rings. The second kappa shape index (κ2) is 19.9. The zero-order valence-electron chi connectivity index (χ0n) is 44.7. The first-order chi connectivity index (χ1) is 35.5. The van der Waals surface area contributed by atoms with Gasteiger partial charge in [0.2, 0.25) is 17.2 Å². The molecule has 0 amide bonds. The average molecular weight is 1100 g/mol. The van der Waals surface area contributed by atoms with Crippen molar-refractivity contribution in [3.8, 4) is 22.9 Å². The topological polar surface area (TPSA) is 285 Å². The van der Waals surface area contributed by atoms with Gasteiger partial charge in [-0.15, -0.1) is 0 Å². The van der Waals surface area contributed by atoms with Crippen LogP contribution in [0, 0.1) is 0 Å². The summed E-state index contributed by atoms with van der Waals surface area (Å²) in [6.07, 6.45) is 5.75. The normalized spacial score (nSPS) is 21.9. The van der Waals surface area contributed by atoms with E-state index in [0.29, 0.717) is 91.1 Å². The van der Waals surface area contributed by atoms with Crippen molar-refractivity contribution in [3.05, 3.63) is 65.5 Å². The second-order valence-corrected chi connectivity index (χ2v) is 27.2. The van der Waals surface area contributed by atoms with Gasteiger partial charge in [-0.1, -0.05) is 12.1 Å². The molecule has 5 aliphatic heterocycles. The van der Waals surface area contributed by atoms with Crippen LogP contribution in [-0.2, 0) is 48.0 Å². The van der Waals surface area contributed by atoms with E-state index >= 15 is 0 Å². The largest absolute Gasteiger partial charge is 0.494 e. The van der Waals surface area contributed by atoms with E-state index in [-0.39, 0.29) is 59.7 Å². The third-order valence-corrected chi connectivity index (χ3v) is 19.3. The molecule has 0 radical (unpaired) electrons. The maximum Gasteiger partial charge on any atom is 0.494 e. The summed E-state index contributed by atoms with van der Waals surface area (Å²) < 4.78 is 82.7. The Morgan fingerprint density at radius 2 is 1.09 bits per heavy atom. The molecule has 26 heteroatoms. The minimum atomic E-state index is -3.52. The predicted octanol–water partition coefficient (Wildman–Crippen LogP) is 4.84. The number of nitrogens with two attached hydrogens (primary N) is 2. The van der Waals surface area contributed by atoms with E-state index in [1.165, 1.54) is 12.5 Å². The molecule has 22 nitrogen and oxygen atoms in total. The molecule has 406 valence electrons. The van der Waals surface area contributed by atoms with Crippen LogP contribution in [0.3, 0.4) is 0 Å². The van der Waals surface area contributed by atoms with Gasteiger partial charge < -0.3 is 49.5 Å². The number of morpholine rings is 2. The average Bonchev–Trinajstić information content (AvgIpc) is 3.65. The molecule has 2 aromatic carbocycles. The van der Waals surface area contributed by atoms with Crippen molar-refractivity contribution in [1.82, 2.24) is 39.9 Å². The van der Waals surface area contributed by atoms with Crippen molar-refractivity contribution < 1.29 is 45.1 Å². The number of fused-ring (bicyclic) bond motifs is 8. The van der Waals surface area contributed by atoms with Crippen molar-refractivity contribution in [3.63, 3.8) is 0 Å². The quantitative estimate of drug-likeness (QED) is 0.167. The summed E-state index contributed by atoms with van der Waals surface area (Å²) in [5.41, 5.74) is 14.4. The first kappa shape index (κ1) is 54.9. The summed E-state index contributed by atoms with van der Waals surface area (Å²) in [4.78, 5) is 38.9. The Kier molecular flexibility index (Phi) is 14.4. The number of sulfone groups is 2. The number of nitrogen functional groups attached to an aromatic ring is 2. The van der Waals surface area contributed by atoms with Gasteiger partial charge in [0.1, 0.15) is 34.1 Å². The Morgan fingerprint density at radius 1 is 0.632 bits per heavy atom. The molecule has 0 unspecified atom stereocenters. The number of rotatable bonds is 6. The van der Waals surface area contributed by atoms with E-state index in [9.17, 15) is 16.8 Å². The molecule has 9 heterocycles. The second-order valence-electron chi connectivity index (χ2n) is 21.8. The molecule has 0 bridgehead atoms. The lowest BCUT2D eigenvalue weighted by molar-refractivity contribution is 0.00578. The number of hydrogen-bond acceptors (Lipinski definition) is 22. The van der Waals surface area contributed by atoms with Gasteiger partial charge in [0, 0.05) is 41.2 Å². The van der Waals surface area contributed by atoms with E-state index in [0.717, 1.165) is 21.8 Å². The number of ether oxygens (including phenoxy) is 4. The van der Waals surface area contributed by atoms with E-state index in [2.05, 4.69) is 46.6 Å². The molecule has 4 N–H and O–H groups in total. The zero-order valence-corrected chi connectivity index (χ0v) is 47.0. The van der Waals surface area contributed by atoms with E-state index in [4.69, 9.17) is 61.3 Å². The van der Waals surface area contributed by atoms with Gasteiger partial charge in [0.25, 0.3) is 0 Å². The molecule has 4 aromatic heterocycles. The monoisotopic (exact) mass is 1100 g/mol. The Labute approximate surface area is 448 Å². The van der Waals surface area contributed by atoms with Gasteiger partial charge in [0.05, 0.1) is 72.8 Å². The number of aromatic nitrogens is 8. The van der Waals surface area contributed by atoms with E-state index in [1.54, 1.807) is 40.1 Å². The summed E-state index contributed by atoms with van der Waals surface area (Å²) in [5.74, 6) is 2.83. The minimum Gasteiger partial charge on any atom is -0.486 e. The fourth-order valence-corrected chi connectivity index (χ4v) is 10.5. The van der Waals surface area contributed by atoms with Crippen molar-refractivity contribution in [2.24, 2.45) is 0 Å². The van der Waals surface area contributed by atoms with Crippen LogP contribution in [0.4, 0.5) is 23.5 Å². The van der Waals surface area contributed by atoms with Gasteiger partial charge in [-0.2, -0.15) is 4.98 Å². The Hall–Kier alpha value is -5.83. The number of anilines is 4. The summed E-state index contributed by atoms with van der Waals surface area (Å²) in [6.45, 7) is 21.7. The van der Waals surface area contributed by atoms with Crippen molar-refractivity contribution in [2.75, 3.05) is 73.4 Å². The molecular weight excluding hydrogens is 1040 g/mol. The van der Waals surface area contributed by atoms with Crippen LogP contribution in [-0.4, -0.2) is 151 Å². The van der Waals surface area contributed by atoms with Crippen molar-refractivity contribution in [1.29, 1.82) is 0 Å². The standard InChI is InChI=1S/C22H26N6O4S.C14H18BN3O2.C14H20ClN3O4S/c1-12-9-31-10-15-11-32-17-18(22(2,3)33(4,29)30)26-19(27-20(17)28(12)15)13-5-6-16-14(7-13)8-24-21(23)25-16;1-13(2)14(3,4)20-15(19-13)10-5-6-11-9(7-10)8-17-12(16)18-11;1-8-5-21-6-9-7-22-10-11(14(2,3)23(4,19)20)16-13(15)17-12(10)18(8)9/h5-8,12,15H,9-11H2,1-4H3,(H2,23,24,25);5-8H,1-4H3,(H2,16,17,18);8-9H,5-7H2,1-4H3/t12-,15+;;8-,9+/m1.1/s1. The highest BCUT2D eigenvalue weighted by Gasteiger charge is 2.52. The molecule has 0 saturated carbocycles.